The van der Waals surface area contributed by atoms with Gasteiger partial charge in [0.15, 0.2) is 11.6 Å². The van der Waals surface area contributed by atoms with Crippen LogP contribution in [0.4, 0.5) is 8.78 Å². The molecule has 20 heavy (non-hydrogen) atoms. The highest BCUT2D eigenvalue weighted by Gasteiger charge is 2.09. The van der Waals surface area contributed by atoms with Crippen molar-refractivity contribution >= 4 is 0 Å². The highest BCUT2D eigenvalue weighted by atomic mass is 19.2. The van der Waals surface area contributed by atoms with E-state index < -0.39 is 11.6 Å². The van der Waals surface area contributed by atoms with Crippen LogP contribution in [-0.2, 0) is 13.0 Å². The third-order valence-corrected chi connectivity index (χ3v) is 3.06. The molecule has 0 aliphatic heterocycles. The lowest BCUT2D eigenvalue weighted by molar-refractivity contribution is 0.283. The number of likely N-dealkylation sites (N-methyl/N-ethyl adjacent to an activating group) is 1. The van der Waals surface area contributed by atoms with Crippen LogP contribution in [0.1, 0.15) is 11.1 Å². The van der Waals surface area contributed by atoms with Crippen molar-refractivity contribution in [3.8, 4) is 5.75 Å². The van der Waals surface area contributed by atoms with Crippen LogP contribution in [0.15, 0.2) is 42.5 Å². The Bertz CT molecular complexity index is 572. The summed E-state index contributed by atoms with van der Waals surface area (Å²) in [7, 11) is 1.89. The fourth-order valence-electron chi connectivity index (χ4n) is 1.95. The first-order chi connectivity index (χ1) is 9.72. The summed E-state index contributed by atoms with van der Waals surface area (Å²) in [6.45, 7) is 1.08. The number of ether oxygens (including phenoxy) is 1. The van der Waals surface area contributed by atoms with Gasteiger partial charge in [0.2, 0.25) is 5.82 Å². The largest absolute Gasteiger partial charge is 0.486 e. The van der Waals surface area contributed by atoms with Gasteiger partial charge in [-0.1, -0.05) is 30.3 Å². The predicted molar refractivity (Wildman–Crippen MR) is 74.8 cm³/mol. The first kappa shape index (κ1) is 14.5. The molecule has 0 saturated carbocycles. The lowest BCUT2D eigenvalue weighted by Gasteiger charge is -2.11. The van der Waals surface area contributed by atoms with Crippen LogP contribution in [0.2, 0.25) is 0 Å². The minimum atomic E-state index is -0.944. The van der Waals surface area contributed by atoms with E-state index in [1.165, 1.54) is 12.1 Å². The molecule has 0 atom stereocenters. The molecule has 1 N–H and O–H groups in total. The molecule has 0 radical (unpaired) electrons. The van der Waals surface area contributed by atoms with Crippen LogP contribution in [0.25, 0.3) is 0 Å². The predicted octanol–water partition coefficient (Wildman–Crippen LogP) is 3.31. The maximum atomic E-state index is 13.5. The topological polar surface area (TPSA) is 21.3 Å². The second-order valence-corrected chi connectivity index (χ2v) is 4.46. The first-order valence-corrected chi connectivity index (χ1v) is 6.50. The van der Waals surface area contributed by atoms with Crippen molar-refractivity contribution in [1.82, 2.24) is 5.32 Å². The fraction of sp³-hybridized carbons (Fsp3) is 0.250. The molecule has 0 spiro atoms. The summed E-state index contributed by atoms with van der Waals surface area (Å²) in [5, 5.41) is 3.08. The highest BCUT2D eigenvalue weighted by molar-refractivity contribution is 5.29. The first-order valence-electron chi connectivity index (χ1n) is 6.50. The molecule has 0 fully saturated rings. The zero-order chi connectivity index (χ0) is 14.4. The van der Waals surface area contributed by atoms with E-state index in [9.17, 15) is 8.78 Å². The van der Waals surface area contributed by atoms with Gasteiger partial charge in [0.25, 0.3) is 0 Å². The van der Waals surface area contributed by atoms with E-state index in [0.717, 1.165) is 30.2 Å². The van der Waals surface area contributed by atoms with Crippen molar-refractivity contribution in [2.24, 2.45) is 0 Å². The van der Waals surface area contributed by atoms with Gasteiger partial charge in [-0.15, -0.1) is 0 Å². The van der Waals surface area contributed by atoms with Gasteiger partial charge in [-0.25, -0.2) is 4.39 Å². The van der Waals surface area contributed by atoms with Gasteiger partial charge in [-0.3, -0.25) is 0 Å². The standard InChI is InChI=1S/C16H17F2NO/c1-19-10-9-12-5-2-3-6-13(12)11-20-15-8-4-7-14(17)16(15)18/h2-8,19H,9-11H2,1H3. The normalized spacial score (nSPS) is 10.6. The summed E-state index contributed by atoms with van der Waals surface area (Å²) in [6, 6.07) is 11.7. The van der Waals surface area contributed by atoms with Crippen LogP contribution in [0.3, 0.4) is 0 Å². The molecule has 0 bridgehead atoms. The molecule has 0 aliphatic rings. The van der Waals surface area contributed by atoms with E-state index in [0.29, 0.717) is 0 Å². The molecule has 0 heterocycles. The monoisotopic (exact) mass is 277 g/mol. The van der Waals surface area contributed by atoms with Crippen molar-refractivity contribution in [2.75, 3.05) is 13.6 Å². The average molecular weight is 277 g/mol. The third-order valence-electron chi connectivity index (χ3n) is 3.06. The number of benzene rings is 2. The van der Waals surface area contributed by atoms with Crippen molar-refractivity contribution < 1.29 is 13.5 Å². The Labute approximate surface area is 117 Å². The third kappa shape index (κ3) is 3.54. The number of rotatable bonds is 6. The molecule has 2 aromatic rings. The number of halogens is 2. The van der Waals surface area contributed by atoms with E-state index in [2.05, 4.69) is 5.32 Å². The maximum absolute atomic E-state index is 13.5. The molecule has 0 amide bonds. The minimum Gasteiger partial charge on any atom is -0.486 e. The second kappa shape index (κ2) is 7.01. The lowest BCUT2D eigenvalue weighted by Crippen LogP contribution is -2.12. The Balaban J connectivity index is 2.09. The summed E-state index contributed by atoms with van der Waals surface area (Å²) < 4.78 is 32.0. The fourth-order valence-corrected chi connectivity index (χ4v) is 1.95. The Morgan fingerprint density at radius 2 is 1.75 bits per heavy atom. The van der Waals surface area contributed by atoms with E-state index in [1.54, 1.807) is 0 Å². The Hall–Kier alpha value is -1.94. The number of nitrogens with one attached hydrogen (secondary N) is 1. The zero-order valence-corrected chi connectivity index (χ0v) is 11.3. The Kier molecular flexibility index (Phi) is 5.07. The summed E-state index contributed by atoms with van der Waals surface area (Å²) in [6.07, 6.45) is 0.863. The van der Waals surface area contributed by atoms with Crippen molar-refractivity contribution in [3.63, 3.8) is 0 Å². The van der Waals surface area contributed by atoms with E-state index in [1.807, 2.05) is 31.3 Å². The van der Waals surface area contributed by atoms with Crippen LogP contribution in [-0.4, -0.2) is 13.6 Å². The zero-order valence-electron chi connectivity index (χ0n) is 11.3. The van der Waals surface area contributed by atoms with Crippen LogP contribution >= 0.6 is 0 Å². The summed E-state index contributed by atoms with van der Waals surface area (Å²) in [5.41, 5.74) is 2.12. The molecule has 2 aromatic carbocycles. The quantitative estimate of drug-likeness (QED) is 0.874. The molecule has 0 saturated heterocycles. The lowest BCUT2D eigenvalue weighted by atomic mass is 10.1. The molecule has 2 nitrogen and oxygen atoms in total. The second-order valence-electron chi connectivity index (χ2n) is 4.46. The van der Waals surface area contributed by atoms with E-state index in [-0.39, 0.29) is 12.4 Å². The van der Waals surface area contributed by atoms with Crippen molar-refractivity contribution in [2.45, 2.75) is 13.0 Å². The molecule has 0 unspecified atom stereocenters. The van der Waals surface area contributed by atoms with Gasteiger partial charge in [0.1, 0.15) is 6.61 Å². The summed E-state index contributed by atoms with van der Waals surface area (Å²) >= 11 is 0. The minimum absolute atomic E-state index is 0.0616. The van der Waals surface area contributed by atoms with Crippen LogP contribution in [0.5, 0.6) is 5.75 Å². The van der Waals surface area contributed by atoms with Crippen molar-refractivity contribution in [3.05, 3.63) is 65.2 Å². The van der Waals surface area contributed by atoms with Gasteiger partial charge in [0.05, 0.1) is 0 Å². The average Bonchev–Trinajstić information content (AvgIpc) is 2.47. The van der Waals surface area contributed by atoms with Gasteiger partial charge in [0, 0.05) is 0 Å². The molecule has 106 valence electrons. The van der Waals surface area contributed by atoms with Crippen LogP contribution in [0, 0.1) is 11.6 Å². The highest BCUT2D eigenvalue weighted by Crippen LogP contribution is 2.21. The molecular formula is C16H17F2NO. The summed E-state index contributed by atoms with van der Waals surface area (Å²) in [4.78, 5) is 0. The molecule has 2 rings (SSSR count). The Morgan fingerprint density at radius 3 is 2.50 bits per heavy atom. The van der Waals surface area contributed by atoms with E-state index >= 15 is 0 Å². The summed E-state index contributed by atoms with van der Waals surface area (Å²) in [5.74, 6) is -1.90. The molecular weight excluding hydrogens is 260 g/mol. The SMILES string of the molecule is CNCCc1ccccc1COc1cccc(F)c1F. The molecule has 0 aliphatic carbocycles. The number of hydrogen-bond donors (Lipinski definition) is 1. The maximum Gasteiger partial charge on any atom is 0.200 e. The smallest absolute Gasteiger partial charge is 0.200 e. The molecule has 4 heteroatoms. The number of hydrogen-bond acceptors (Lipinski definition) is 2. The van der Waals surface area contributed by atoms with Crippen molar-refractivity contribution in [1.29, 1.82) is 0 Å². The van der Waals surface area contributed by atoms with Gasteiger partial charge >= 0.3 is 0 Å². The van der Waals surface area contributed by atoms with E-state index in [4.69, 9.17) is 4.74 Å². The Morgan fingerprint density at radius 1 is 1.00 bits per heavy atom. The molecule has 0 aromatic heterocycles. The van der Waals surface area contributed by atoms with Gasteiger partial charge in [-0.2, -0.15) is 4.39 Å². The van der Waals surface area contributed by atoms with Gasteiger partial charge in [-0.05, 0) is 43.3 Å². The van der Waals surface area contributed by atoms with Crippen LogP contribution < -0.4 is 10.1 Å². The van der Waals surface area contributed by atoms with Gasteiger partial charge < -0.3 is 10.1 Å².